The van der Waals surface area contributed by atoms with E-state index < -0.39 is 20.5 Å². The highest BCUT2D eigenvalue weighted by molar-refractivity contribution is 7.91. The van der Waals surface area contributed by atoms with Crippen molar-refractivity contribution in [2.45, 2.75) is 17.6 Å². The van der Waals surface area contributed by atoms with Crippen molar-refractivity contribution in [1.82, 2.24) is 19.6 Å². The van der Waals surface area contributed by atoms with E-state index in [-0.39, 0.29) is 0 Å². The van der Waals surface area contributed by atoms with Crippen LogP contribution in [0.5, 0.6) is 0 Å². The molecule has 0 aliphatic rings. The summed E-state index contributed by atoms with van der Waals surface area (Å²) in [6.45, 7) is 2.90. The highest BCUT2D eigenvalue weighted by atomic mass is 32.2. The third-order valence-electron chi connectivity index (χ3n) is 3.56. The number of alkyl halides is 2. The average Bonchev–Trinajstić information content (AvgIpc) is 3.07. The average molecular weight is 382 g/mol. The van der Waals surface area contributed by atoms with Gasteiger partial charge < -0.3 is 10.6 Å². The van der Waals surface area contributed by atoms with E-state index in [2.05, 4.69) is 25.7 Å². The number of benzene rings is 1. The summed E-state index contributed by atoms with van der Waals surface area (Å²) in [6.07, 6.45) is 1.42. The molecule has 0 unspecified atom stereocenters. The fourth-order valence-corrected chi connectivity index (χ4v) is 3.04. The minimum Gasteiger partial charge on any atom is -0.383 e. The fourth-order valence-electron chi connectivity index (χ4n) is 2.32. The van der Waals surface area contributed by atoms with Gasteiger partial charge >= 0.3 is 5.76 Å². The van der Waals surface area contributed by atoms with Crippen molar-refractivity contribution in [2.24, 2.45) is 0 Å². The molecule has 26 heavy (non-hydrogen) atoms. The van der Waals surface area contributed by atoms with Crippen molar-refractivity contribution >= 4 is 27.1 Å². The van der Waals surface area contributed by atoms with Gasteiger partial charge in [0.15, 0.2) is 0 Å². The lowest BCUT2D eigenvalue weighted by atomic mass is 10.3. The minimum absolute atomic E-state index is 0.406. The number of hydrogen-bond acceptors (Lipinski definition) is 7. The fraction of sp³-hybridized carbons (Fsp3) is 0.267. The number of anilines is 2. The van der Waals surface area contributed by atoms with E-state index in [9.17, 15) is 17.2 Å². The van der Waals surface area contributed by atoms with Gasteiger partial charge in [0.2, 0.25) is 9.84 Å². The van der Waals surface area contributed by atoms with Crippen LogP contribution in [-0.2, 0) is 9.84 Å². The summed E-state index contributed by atoms with van der Waals surface area (Å²) in [6, 6.07) is 7.04. The summed E-state index contributed by atoms with van der Waals surface area (Å²) < 4.78 is 49.3. The van der Waals surface area contributed by atoms with Crippen LogP contribution in [0.3, 0.4) is 0 Å². The number of aryl methyl sites for hydroxylation is 1. The zero-order valence-electron chi connectivity index (χ0n) is 13.7. The first-order valence-corrected chi connectivity index (χ1v) is 9.20. The van der Waals surface area contributed by atoms with E-state index >= 15 is 0 Å². The Morgan fingerprint density at radius 1 is 1.15 bits per heavy atom. The second kappa shape index (κ2) is 7.20. The van der Waals surface area contributed by atoms with Crippen LogP contribution in [0.25, 0.3) is 5.78 Å². The maximum atomic E-state index is 12.5. The number of halogens is 2. The first-order chi connectivity index (χ1) is 12.4. The van der Waals surface area contributed by atoms with Crippen molar-refractivity contribution < 1.29 is 17.2 Å². The van der Waals surface area contributed by atoms with Gasteiger partial charge in [0, 0.05) is 30.5 Å². The second-order valence-corrected chi connectivity index (χ2v) is 7.36. The molecule has 11 heteroatoms. The zero-order chi connectivity index (χ0) is 18.7. The van der Waals surface area contributed by atoms with Crippen LogP contribution < -0.4 is 10.6 Å². The first kappa shape index (κ1) is 18.0. The quantitative estimate of drug-likeness (QED) is 0.602. The molecule has 0 atom stereocenters. The molecule has 0 aliphatic carbocycles. The molecule has 1 aromatic carbocycles. The summed E-state index contributed by atoms with van der Waals surface area (Å²) in [5.74, 6) is -2.19. The van der Waals surface area contributed by atoms with Crippen LogP contribution in [0.4, 0.5) is 20.3 Å². The standard InChI is InChI=1S/C15H16F2N6O2S/c1-10-8-13(23-15(22-10)20-9-21-23)19-7-6-18-11-2-4-12(5-3-11)26(24,25)14(16)17/h2-5,8-9,14,18-19H,6-7H2,1H3. The zero-order valence-corrected chi connectivity index (χ0v) is 14.5. The number of nitrogens with zero attached hydrogens (tertiary/aromatic N) is 4. The predicted octanol–water partition coefficient (Wildman–Crippen LogP) is 1.95. The highest BCUT2D eigenvalue weighted by Gasteiger charge is 2.26. The van der Waals surface area contributed by atoms with Crippen LogP contribution in [0, 0.1) is 6.92 Å². The van der Waals surface area contributed by atoms with Crippen molar-refractivity contribution in [1.29, 1.82) is 0 Å². The molecule has 0 aliphatic heterocycles. The number of rotatable bonds is 7. The van der Waals surface area contributed by atoms with E-state index in [1.54, 1.807) is 4.52 Å². The highest BCUT2D eigenvalue weighted by Crippen LogP contribution is 2.20. The number of nitrogens with one attached hydrogen (secondary N) is 2. The Morgan fingerprint density at radius 3 is 2.54 bits per heavy atom. The lowest BCUT2D eigenvalue weighted by Gasteiger charge is -2.11. The normalized spacial score (nSPS) is 11.8. The summed E-state index contributed by atoms with van der Waals surface area (Å²) in [5, 5.41) is 10.4. The topological polar surface area (TPSA) is 101 Å². The van der Waals surface area contributed by atoms with E-state index in [1.165, 1.54) is 18.5 Å². The molecule has 0 radical (unpaired) electrons. The number of fused-ring (bicyclic) bond motifs is 1. The first-order valence-electron chi connectivity index (χ1n) is 7.65. The third-order valence-corrected chi connectivity index (χ3v) is 4.96. The molecule has 0 saturated carbocycles. The predicted molar refractivity (Wildman–Crippen MR) is 92.1 cm³/mol. The van der Waals surface area contributed by atoms with E-state index in [1.807, 2.05) is 13.0 Å². The number of aromatic nitrogens is 4. The van der Waals surface area contributed by atoms with Crippen LogP contribution in [0.2, 0.25) is 0 Å². The van der Waals surface area contributed by atoms with Gasteiger partial charge in [0.1, 0.15) is 12.1 Å². The van der Waals surface area contributed by atoms with Crippen LogP contribution >= 0.6 is 0 Å². The molecule has 2 N–H and O–H groups in total. The van der Waals surface area contributed by atoms with Crippen molar-refractivity contribution in [3.05, 3.63) is 42.4 Å². The largest absolute Gasteiger partial charge is 0.383 e. The second-order valence-electron chi connectivity index (χ2n) is 5.44. The van der Waals surface area contributed by atoms with Gasteiger partial charge in [-0.2, -0.15) is 23.4 Å². The SMILES string of the molecule is Cc1cc(NCCNc2ccc(S(=O)(=O)C(F)F)cc2)n2ncnc2n1. The maximum absolute atomic E-state index is 12.5. The summed E-state index contributed by atoms with van der Waals surface area (Å²) in [5.41, 5.74) is 1.42. The Kier molecular flexibility index (Phi) is 4.98. The lowest BCUT2D eigenvalue weighted by Crippen LogP contribution is -2.16. The summed E-state index contributed by atoms with van der Waals surface area (Å²) in [7, 11) is -4.57. The lowest BCUT2D eigenvalue weighted by molar-refractivity contribution is 0.234. The van der Waals surface area contributed by atoms with Crippen LogP contribution in [0.15, 0.2) is 41.6 Å². The number of sulfone groups is 1. The summed E-state index contributed by atoms with van der Waals surface area (Å²) in [4.78, 5) is 7.88. The molecule has 8 nitrogen and oxygen atoms in total. The van der Waals surface area contributed by atoms with Gasteiger partial charge in [-0.05, 0) is 31.2 Å². The van der Waals surface area contributed by atoms with E-state index in [0.717, 1.165) is 23.6 Å². The summed E-state index contributed by atoms with van der Waals surface area (Å²) >= 11 is 0. The van der Waals surface area contributed by atoms with E-state index in [4.69, 9.17) is 0 Å². The van der Waals surface area contributed by atoms with E-state index in [0.29, 0.717) is 24.6 Å². The molecule has 3 aromatic rings. The number of hydrogen-bond donors (Lipinski definition) is 2. The molecule has 0 amide bonds. The van der Waals surface area contributed by atoms with Gasteiger partial charge in [0.05, 0.1) is 4.90 Å². The molecule has 3 rings (SSSR count). The van der Waals surface area contributed by atoms with Gasteiger partial charge in [0.25, 0.3) is 5.78 Å². The Labute approximate surface area is 148 Å². The maximum Gasteiger partial charge on any atom is 0.341 e. The Bertz CT molecular complexity index is 1000. The van der Waals surface area contributed by atoms with Crippen molar-refractivity contribution in [2.75, 3.05) is 23.7 Å². The van der Waals surface area contributed by atoms with Crippen LogP contribution in [0.1, 0.15) is 5.69 Å². The molecule has 2 aromatic heterocycles. The minimum atomic E-state index is -4.57. The molecule has 0 fully saturated rings. The van der Waals surface area contributed by atoms with Gasteiger partial charge in [-0.15, -0.1) is 0 Å². The van der Waals surface area contributed by atoms with Gasteiger partial charge in [-0.1, -0.05) is 0 Å². The molecule has 138 valence electrons. The van der Waals surface area contributed by atoms with Crippen LogP contribution in [-0.4, -0.2) is 46.8 Å². The van der Waals surface area contributed by atoms with Crippen molar-refractivity contribution in [3.63, 3.8) is 0 Å². The third kappa shape index (κ3) is 3.72. The molecular weight excluding hydrogens is 366 g/mol. The smallest absolute Gasteiger partial charge is 0.341 e. The molecule has 0 saturated heterocycles. The Hall–Kier alpha value is -2.82. The molecule has 2 heterocycles. The van der Waals surface area contributed by atoms with Crippen molar-refractivity contribution in [3.8, 4) is 0 Å². The molecular formula is C15H16F2N6O2S. The van der Waals surface area contributed by atoms with Gasteiger partial charge in [-0.25, -0.2) is 13.4 Å². The Morgan fingerprint density at radius 2 is 1.85 bits per heavy atom. The molecule has 0 bridgehead atoms. The monoisotopic (exact) mass is 382 g/mol. The van der Waals surface area contributed by atoms with Gasteiger partial charge in [-0.3, -0.25) is 0 Å². The molecule has 0 spiro atoms. The Balaban J connectivity index is 1.58.